The molecule has 0 saturated heterocycles. The van der Waals surface area contributed by atoms with Crippen LogP contribution in [-0.2, 0) is 9.53 Å². The smallest absolute Gasteiger partial charge is 0.356 e. The Morgan fingerprint density at radius 2 is 1.93 bits per heavy atom. The van der Waals surface area contributed by atoms with Gasteiger partial charge in [0.05, 0.1) is 17.7 Å². The first-order valence-corrected chi connectivity index (χ1v) is 10.4. The summed E-state index contributed by atoms with van der Waals surface area (Å²) in [5.74, 6) is 1.04. The fraction of sp³-hybridized carbons (Fsp3) is 0.545. The molecule has 150 valence electrons. The molecule has 1 saturated carbocycles. The molecule has 0 aromatic heterocycles. The third-order valence-corrected chi connectivity index (χ3v) is 5.22. The van der Waals surface area contributed by atoms with Gasteiger partial charge < -0.3 is 9.47 Å². The molecule has 27 heavy (non-hydrogen) atoms. The number of hydrogen-bond acceptors (Lipinski definition) is 4. The van der Waals surface area contributed by atoms with E-state index >= 15 is 0 Å². The predicted octanol–water partition coefficient (Wildman–Crippen LogP) is 6.42. The molecule has 5 heteroatoms. The van der Waals surface area contributed by atoms with Gasteiger partial charge in [0, 0.05) is 5.57 Å². The van der Waals surface area contributed by atoms with E-state index in [2.05, 4.69) is 41.4 Å². The molecule has 1 aliphatic rings. The topological polar surface area (TPSA) is 59.4 Å². The zero-order valence-electron chi connectivity index (χ0n) is 17.1. The van der Waals surface area contributed by atoms with Crippen molar-refractivity contribution < 1.29 is 14.3 Å². The summed E-state index contributed by atoms with van der Waals surface area (Å²) in [6, 6.07) is 5.62. The Morgan fingerprint density at radius 3 is 2.37 bits per heavy atom. The van der Waals surface area contributed by atoms with E-state index in [9.17, 15) is 4.79 Å². The highest BCUT2D eigenvalue weighted by Gasteiger charge is 2.20. The minimum Gasteiger partial charge on any atom is -0.489 e. The minimum absolute atomic E-state index is 0.152. The molecule has 0 aliphatic heterocycles. The van der Waals surface area contributed by atoms with E-state index < -0.39 is 5.97 Å². The van der Waals surface area contributed by atoms with Crippen molar-refractivity contribution in [1.29, 1.82) is 5.41 Å². The van der Waals surface area contributed by atoms with E-state index in [1.165, 1.54) is 26.4 Å². The summed E-state index contributed by atoms with van der Waals surface area (Å²) < 4.78 is 11.4. The molecule has 0 spiro atoms. The van der Waals surface area contributed by atoms with Crippen LogP contribution < -0.4 is 4.74 Å². The maximum absolute atomic E-state index is 11.5. The summed E-state index contributed by atoms with van der Waals surface area (Å²) in [6.45, 7) is 8.44. The molecule has 0 amide bonds. The lowest BCUT2D eigenvalue weighted by Gasteiger charge is -2.16. The summed E-state index contributed by atoms with van der Waals surface area (Å²) in [6.07, 6.45) is 7.97. The minimum atomic E-state index is -0.643. The standard InChI is InChI=1S/C17H20BrNO3.C5H12/c1-3-13(16(19)17(20)21-2)11-8-9-15(14(18)10-11)22-12-6-4-5-7-12;1-4-5(2)3/h3,8-10,12,19H,4-7H2,1-2H3;5H,4H2,1-3H3/b13-3-,19-16?;. The number of methoxy groups -OCH3 is 1. The van der Waals surface area contributed by atoms with Crippen LogP contribution in [0, 0.1) is 11.3 Å². The number of ether oxygens (including phenoxy) is 2. The molecule has 1 aromatic carbocycles. The number of carbonyl (C=O) groups is 1. The van der Waals surface area contributed by atoms with Crippen LogP contribution >= 0.6 is 15.9 Å². The second-order valence-corrected chi connectivity index (χ2v) is 7.89. The summed E-state index contributed by atoms with van der Waals surface area (Å²) in [5.41, 5.74) is 1.17. The summed E-state index contributed by atoms with van der Waals surface area (Å²) in [5, 5.41) is 7.91. The zero-order valence-corrected chi connectivity index (χ0v) is 18.7. The van der Waals surface area contributed by atoms with Crippen molar-refractivity contribution in [2.24, 2.45) is 5.92 Å². The monoisotopic (exact) mass is 437 g/mol. The van der Waals surface area contributed by atoms with Crippen LogP contribution in [0.1, 0.15) is 65.4 Å². The van der Waals surface area contributed by atoms with Crippen LogP contribution in [0.25, 0.3) is 5.57 Å². The van der Waals surface area contributed by atoms with Crippen molar-refractivity contribution in [2.75, 3.05) is 7.11 Å². The Kier molecular flexibility index (Phi) is 10.4. The number of hydrogen-bond donors (Lipinski definition) is 1. The number of esters is 1. The second kappa shape index (κ2) is 12.0. The normalized spacial score (nSPS) is 14.6. The summed E-state index contributed by atoms with van der Waals surface area (Å²) in [7, 11) is 1.28. The highest BCUT2D eigenvalue weighted by atomic mass is 79.9. The van der Waals surface area contributed by atoms with Crippen molar-refractivity contribution in [3.8, 4) is 5.75 Å². The van der Waals surface area contributed by atoms with E-state index in [4.69, 9.17) is 10.1 Å². The Labute approximate surface area is 172 Å². The number of carbonyl (C=O) groups excluding carboxylic acids is 1. The predicted molar refractivity (Wildman–Crippen MR) is 116 cm³/mol. The van der Waals surface area contributed by atoms with Gasteiger partial charge in [0.15, 0.2) is 0 Å². The van der Waals surface area contributed by atoms with Crippen LogP contribution in [-0.4, -0.2) is 24.9 Å². The lowest BCUT2D eigenvalue weighted by atomic mass is 10.0. The van der Waals surface area contributed by atoms with E-state index in [0.29, 0.717) is 5.57 Å². The van der Waals surface area contributed by atoms with Crippen LogP contribution in [0.4, 0.5) is 0 Å². The van der Waals surface area contributed by atoms with Gasteiger partial charge in [-0.1, -0.05) is 39.3 Å². The maximum Gasteiger partial charge on any atom is 0.356 e. The van der Waals surface area contributed by atoms with Crippen LogP contribution in [0.15, 0.2) is 28.7 Å². The largest absolute Gasteiger partial charge is 0.489 e. The van der Waals surface area contributed by atoms with Crippen LogP contribution in [0.2, 0.25) is 0 Å². The average Bonchev–Trinajstić information content (AvgIpc) is 3.17. The van der Waals surface area contributed by atoms with Gasteiger partial charge in [-0.25, -0.2) is 4.79 Å². The number of nitrogens with one attached hydrogen (secondary N) is 1. The molecule has 0 unspecified atom stereocenters. The van der Waals surface area contributed by atoms with Crippen molar-refractivity contribution in [1.82, 2.24) is 0 Å². The second-order valence-electron chi connectivity index (χ2n) is 7.04. The summed E-state index contributed by atoms with van der Waals surface area (Å²) >= 11 is 3.52. The average molecular weight is 438 g/mol. The fourth-order valence-corrected chi connectivity index (χ4v) is 3.09. The van der Waals surface area contributed by atoms with E-state index in [0.717, 1.165) is 34.5 Å². The highest BCUT2D eigenvalue weighted by Crippen LogP contribution is 2.32. The van der Waals surface area contributed by atoms with Crippen molar-refractivity contribution in [3.05, 3.63) is 34.3 Å². The third kappa shape index (κ3) is 7.49. The lowest BCUT2D eigenvalue weighted by molar-refractivity contribution is -0.132. The van der Waals surface area contributed by atoms with E-state index in [1.54, 1.807) is 13.0 Å². The molecular weight excluding hydrogens is 406 g/mol. The van der Waals surface area contributed by atoms with Gasteiger partial charge in [-0.2, -0.15) is 0 Å². The Hall–Kier alpha value is -1.62. The first-order valence-electron chi connectivity index (χ1n) is 9.64. The molecule has 2 rings (SSSR count). The molecule has 1 fully saturated rings. The van der Waals surface area contributed by atoms with E-state index in [-0.39, 0.29) is 11.8 Å². The van der Waals surface area contributed by atoms with Gasteiger partial charge in [0.1, 0.15) is 11.5 Å². The number of benzene rings is 1. The van der Waals surface area contributed by atoms with E-state index in [1.807, 2.05) is 18.2 Å². The molecule has 0 atom stereocenters. The Bertz CT molecular complexity index is 662. The maximum atomic E-state index is 11.5. The highest BCUT2D eigenvalue weighted by molar-refractivity contribution is 9.10. The number of halogens is 1. The number of allylic oxidation sites excluding steroid dienone is 1. The third-order valence-electron chi connectivity index (χ3n) is 4.60. The van der Waals surface area contributed by atoms with Gasteiger partial charge in [0.25, 0.3) is 0 Å². The van der Waals surface area contributed by atoms with Gasteiger partial charge in [-0.05, 0) is 72.2 Å². The fourth-order valence-electron chi connectivity index (χ4n) is 2.62. The molecule has 0 bridgehead atoms. The SMILES string of the molecule is C/C=C(\C(=N)C(=O)OC)c1ccc(OC2CCCC2)c(Br)c1.CCC(C)C. The molecule has 1 aliphatic carbocycles. The molecule has 0 heterocycles. The molecule has 1 aromatic rings. The first kappa shape index (κ1) is 23.4. The summed E-state index contributed by atoms with van der Waals surface area (Å²) in [4.78, 5) is 11.5. The van der Waals surface area contributed by atoms with Gasteiger partial charge in [-0.3, -0.25) is 5.41 Å². The zero-order chi connectivity index (χ0) is 20.4. The van der Waals surface area contributed by atoms with Crippen LogP contribution in [0.5, 0.6) is 5.75 Å². The number of rotatable bonds is 6. The lowest BCUT2D eigenvalue weighted by Crippen LogP contribution is -2.16. The molecule has 1 N–H and O–H groups in total. The molecule has 0 radical (unpaired) electrons. The first-order chi connectivity index (χ1) is 12.8. The van der Waals surface area contributed by atoms with Gasteiger partial charge in [-0.15, -0.1) is 0 Å². The Balaban J connectivity index is 0.000000646. The van der Waals surface area contributed by atoms with Gasteiger partial charge in [0.2, 0.25) is 0 Å². The molecule has 4 nitrogen and oxygen atoms in total. The van der Waals surface area contributed by atoms with Crippen molar-refractivity contribution >= 4 is 33.2 Å². The van der Waals surface area contributed by atoms with Crippen molar-refractivity contribution in [2.45, 2.75) is 65.9 Å². The quantitative estimate of drug-likeness (QED) is 0.412. The van der Waals surface area contributed by atoms with Crippen molar-refractivity contribution in [3.63, 3.8) is 0 Å². The molecular formula is C22H32BrNO3. The van der Waals surface area contributed by atoms with Crippen LogP contribution in [0.3, 0.4) is 0 Å². The Morgan fingerprint density at radius 1 is 1.33 bits per heavy atom. The van der Waals surface area contributed by atoms with Gasteiger partial charge >= 0.3 is 5.97 Å².